The highest BCUT2D eigenvalue weighted by atomic mass is 14.8. The van der Waals surface area contributed by atoms with Gasteiger partial charge in [0, 0.05) is 22.2 Å². The summed E-state index contributed by atoms with van der Waals surface area (Å²) in [6, 6.07) is 30.5. The Morgan fingerprint density at radius 2 is 0.941 bits per heavy atom. The van der Waals surface area contributed by atoms with Gasteiger partial charge in [0.1, 0.15) is 0 Å². The number of rotatable bonds is 8. The fraction of sp³-hybridized carbons (Fsp3) is 0.250. The van der Waals surface area contributed by atoms with E-state index in [0.717, 1.165) is 60.9 Å². The summed E-state index contributed by atoms with van der Waals surface area (Å²) in [5.41, 5.74) is 9.34. The minimum Gasteiger partial charge on any atom is -0.250 e. The van der Waals surface area contributed by atoms with E-state index in [-0.39, 0.29) is 0 Å². The van der Waals surface area contributed by atoms with Crippen LogP contribution in [0.1, 0.15) is 50.9 Å². The van der Waals surface area contributed by atoms with E-state index in [1.165, 1.54) is 33.0 Å². The molecule has 0 amide bonds. The number of nitrogens with zero attached hydrogens (tertiary/aromatic N) is 2. The lowest BCUT2D eigenvalue weighted by molar-refractivity contribution is 0.778. The van der Waals surface area contributed by atoms with Gasteiger partial charge < -0.3 is 0 Å². The monoisotopic (exact) mass is 444 g/mol. The molecule has 34 heavy (non-hydrogen) atoms. The smallest absolute Gasteiger partial charge is 0.0974 e. The number of aryl methyl sites for hydroxylation is 2. The van der Waals surface area contributed by atoms with Crippen molar-refractivity contribution >= 4 is 21.8 Å². The molecule has 2 heterocycles. The standard InChI is InChI=1S/C32H32N2/c1-3-5-17-25-21-29(23-13-9-7-10-14-23)27-19-20-28-30(24-15-11-8-12-16-24)22-26(18-6-4-2)34-32(28)31(27)33-25/h7-16,19-22H,3-6,17-18H2,1-2H3. The van der Waals surface area contributed by atoms with Crippen LogP contribution >= 0.6 is 0 Å². The molecular formula is C32H32N2. The van der Waals surface area contributed by atoms with Crippen molar-refractivity contribution in [3.05, 3.63) is 96.3 Å². The Balaban J connectivity index is 1.83. The number of hydrogen-bond acceptors (Lipinski definition) is 2. The second kappa shape index (κ2) is 10.2. The van der Waals surface area contributed by atoms with E-state index in [4.69, 9.17) is 9.97 Å². The Labute approximate surface area is 202 Å². The zero-order chi connectivity index (χ0) is 23.3. The molecule has 3 aromatic carbocycles. The van der Waals surface area contributed by atoms with Crippen molar-refractivity contribution < 1.29 is 0 Å². The molecule has 170 valence electrons. The number of fused-ring (bicyclic) bond motifs is 3. The van der Waals surface area contributed by atoms with Crippen LogP contribution in [0.15, 0.2) is 84.9 Å². The van der Waals surface area contributed by atoms with E-state index in [2.05, 4.69) is 98.8 Å². The number of hydrogen-bond donors (Lipinski definition) is 0. The van der Waals surface area contributed by atoms with E-state index in [9.17, 15) is 0 Å². The van der Waals surface area contributed by atoms with Crippen LogP contribution in [0.25, 0.3) is 44.1 Å². The Bertz CT molecular complexity index is 1300. The van der Waals surface area contributed by atoms with Crippen LogP contribution in [0, 0.1) is 0 Å². The van der Waals surface area contributed by atoms with Gasteiger partial charge in [-0.1, -0.05) is 99.5 Å². The largest absolute Gasteiger partial charge is 0.250 e. The van der Waals surface area contributed by atoms with Crippen molar-refractivity contribution in [1.29, 1.82) is 0 Å². The van der Waals surface area contributed by atoms with Crippen molar-refractivity contribution in [1.82, 2.24) is 9.97 Å². The Morgan fingerprint density at radius 3 is 1.32 bits per heavy atom. The molecular weight excluding hydrogens is 412 g/mol. The molecule has 0 spiro atoms. The molecule has 0 saturated carbocycles. The van der Waals surface area contributed by atoms with Crippen LogP contribution in [0.2, 0.25) is 0 Å². The van der Waals surface area contributed by atoms with Crippen LogP contribution in [0.3, 0.4) is 0 Å². The van der Waals surface area contributed by atoms with Crippen molar-refractivity contribution in [3.8, 4) is 22.3 Å². The molecule has 0 aliphatic carbocycles. The molecule has 2 nitrogen and oxygen atoms in total. The molecule has 2 aromatic heterocycles. The minimum absolute atomic E-state index is 0.990. The summed E-state index contributed by atoms with van der Waals surface area (Å²) in [6.45, 7) is 4.48. The van der Waals surface area contributed by atoms with E-state index in [0.29, 0.717) is 0 Å². The lowest BCUT2D eigenvalue weighted by Gasteiger charge is -2.15. The van der Waals surface area contributed by atoms with E-state index < -0.39 is 0 Å². The molecule has 0 unspecified atom stereocenters. The number of aromatic nitrogens is 2. The van der Waals surface area contributed by atoms with Gasteiger partial charge in [-0.3, -0.25) is 9.97 Å². The maximum atomic E-state index is 5.22. The maximum absolute atomic E-state index is 5.22. The molecule has 0 aliphatic heterocycles. The number of unbranched alkanes of at least 4 members (excludes halogenated alkanes) is 2. The van der Waals surface area contributed by atoms with Crippen LogP contribution in [-0.4, -0.2) is 9.97 Å². The summed E-state index contributed by atoms with van der Waals surface area (Å²) in [5, 5.41) is 2.36. The molecule has 0 aliphatic rings. The molecule has 0 atom stereocenters. The molecule has 0 bridgehead atoms. The zero-order valence-electron chi connectivity index (χ0n) is 20.2. The number of pyridine rings is 2. The number of benzene rings is 3. The predicted octanol–water partition coefficient (Wildman–Crippen LogP) is 8.80. The van der Waals surface area contributed by atoms with Gasteiger partial charge in [0.15, 0.2) is 0 Å². The maximum Gasteiger partial charge on any atom is 0.0974 e. The van der Waals surface area contributed by atoms with Crippen molar-refractivity contribution in [3.63, 3.8) is 0 Å². The summed E-state index contributed by atoms with van der Waals surface area (Å²) in [7, 11) is 0. The van der Waals surface area contributed by atoms with Gasteiger partial charge in [-0.25, -0.2) is 0 Å². The summed E-state index contributed by atoms with van der Waals surface area (Å²) < 4.78 is 0. The van der Waals surface area contributed by atoms with Crippen molar-refractivity contribution in [2.75, 3.05) is 0 Å². The third kappa shape index (κ3) is 4.46. The van der Waals surface area contributed by atoms with Gasteiger partial charge in [0.05, 0.1) is 11.0 Å². The van der Waals surface area contributed by atoms with Crippen LogP contribution in [0.5, 0.6) is 0 Å². The third-order valence-corrected chi connectivity index (χ3v) is 6.61. The fourth-order valence-corrected chi connectivity index (χ4v) is 4.77. The van der Waals surface area contributed by atoms with Crippen LogP contribution in [0.4, 0.5) is 0 Å². The highest BCUT2D eigenvalue weighted by molar-refractivity contribution is 6.12. The Kier molecular flexibility index (Phi) is 6.67. The van der Waals surface area contributed by atoms with Crippen LogP contribution in [-0.2, 0) is 12.8 Å². The fourth-order valence-electron chi connectivity index (χ4n) is 4.77. The SMILES string of the molecule is CCCCc1cc(-c2ccccc2)c2ccc3c(-c4ccccc4)cc(CCCC)nc3c2n1. The summed E-state index contributed by atoms with van der Waals surface area (Å²) >= 11 is 0. The summed E-state index contributed by atoms with van der Waals surface area (Å²) in [6.07, 6.45) is 6.58. The van der Waals surface area contributed by atoms with E-state index >= 15 is 0 Å². The quantitative estimate of drug-likeness (QED) is 0.223. The first-order chi connectivity index (χ1) is 16.8. The third-order valence-electron chi connectivity index (χ3n) is 6.61. The topological polar surface area (TPSA) is 25.8 Å². The second-order valence-corrected chi connectivity index (χ2v) is 9.12. The van der Waals surface area contributed by atoms with Gasteiger partial charge in [0.2, 0.25) is 0 Å². The molecule has 0 saturated heterocycles. The first kappa shape index (κ1) is 22.3. The van der Waals surface area contributed by atoms with Crippen molar-refractivity contribution in [2.45, 2.75) is 52.4 Å². The van der Waals surface area contributed by atoms with Gasteiger partial charge in [0.25, 0.3) is 0 Å². The lowest BCUT2D eigenvalue weighted by Crippen LogP contribution is -1.99. The predicted molar refractivity (Wildman–Crippen MR) is 145 cm³/mol. The van der Waals surface area contributed by atoms with Gasteiger partial charge in [-0.05, 0) is 60.1 Å². The molecule has 0 radical (unpaired) electrons. The minimum atomic E-state index is 0.990. The normalized spacial score (nSPS) is 11.4. The highest BCUT2D eigenvalue weighted by Crippen LogP contribution is 2.36. The zero-order valence-corrected chi connectivity index (χ0v) is 20.2. The molecule has 0 fully saturated rings. The Hall–Kier alpha value is -3.52. The summed E-state index contributed by atoms with van der Waals surface area (Å²) in [5.74, 6) is 0. The van der Waals surface area contributed by atoms with E-state index in [1.54, 1.807) is 0 Å². The molecule has 0 N–H and O–H groups in total. The molecule has 2 heteroatoms. The Morgan fingerprint density at radius 1 is 0.529 bits per heavy atom. The van der Waals surface area contributed by atoms with Gasteiger partial charge in [-0.2, -0.15) is 0 Å². The second-order valence-electron chi connectivity index (χ2n) is 9.12. The first-order valence-corrected chi connectivity index (χ1v) is 12.7. The average molecular weight is 445 g/mol. The molecule has 5 rings (SSSR count). The highest BCUT2D eigenvalue weighted by Gasteiger charge is 2.15. The lowest BCUT2D eigenvalue weighted by atomic mass is 9.94. The average Bonchev–Trinajstić information content (AvgIpc) is 2.90. The van der Waals surface area contributed by atoms with Gasteiger partial charge in [-0.15, -0.1) is 0 Å². The first-order valence-electron chi connectivity index (χ1n) is 12.7. The van der Waals surface area contributed by atoms with E-state index in [1.807, 2.05) is 0 Å². The van der Waals surface area contributed by atoms with Crippen molar-refractivity contribution in [2.24, 2.45) is 0 Å². The van der Waals surface area contributed by atoms with Gasteiger partial charge >= 0.3 is 0 Å². The summed E-state index contributed by atoms with van der Waals surface area (Å²) in [4.78, 5) is 10.4. The molecule has 5 aromatic rings. The van der Waals surface area contributed by atoms with Crippen LogP contribution < -0.4 is 0 Å².